The maximum Gasteiger partial charge on any atom is 0.167 e. The second kappa shape index (κ2) is 6.85. The molecule has 23 heavy (non-hydrogen) atoms. The summed E-state index contributed by atoms with van der Waals surface area (Å²) in [5, 5.41) is 4.90. The number of ketones is 1. The fourth-order valence-electron chi connectivity index (χ4n) is 3.35. The van der Waals surface area contributed by atoms with E-state index in [4.69, 9.17) is 11.6 Å². The van der Waals surface area contributed by atoms with Crippen LogP contribution in [0.25, 0.3) is 0 Å². The summed E-state index contributed by atoms with van der Waals surface area (Å²) in [4.78, 5) is 15.2. The van der Waals surface area contributed by atoms with E-state index in [-0.39, 0.29) is 11.7 Å². The molecule has 0 radical (unpaired) electrons. The summed E-state index contributed by atoms with van der Waals surface area (Å²) in [5.74, 6) is 0.315. The lowest BCUT2D eigenvalue weighted by Gasteiger charge is -2.31. The molecule has 2 aromatic rings. The number of Topliss-reactive ketones (excluding diaryl/α,β-unsaturated/α-hetero) is 1. The van der Waals surface area contributed by atoms with Gasteiger partial charge in [0.25, 0.3) is 0 Å². The highest BCUT2D eigenvalue weighted by molar-refractivity contribution is 6.30. The number of benzene rings is 1. The number of halogens is 1. The Bertz CT molecular complexity index is 710. The van der Waals surface area contributed by atoms with Gasteiger partial charge in [-0.25, -0.2) is 0 Å². The van der Waals surface area contributed by atoms with E-state index in [0.717, 1.165) is 43.6 Å². The zero-order valence-corrected chi connectivity index (χ0v) is 14.4. The predicted molar refractivity (Wildman–Crippen MR) is 91.7 cm³/mol. The van der Waals surface area contributed by atoms with Crippen LogP contribution in [0.1, 0.15) is 34.3 Å². The Balaban J connectivity index is 1.69. The number of carbonyl (C=O) groups is 1. The van der Waals surface area contributed by atoms with Gasteiger partial charge in [-0.05, 0) is 50.1 Å². The van der Waals surface area contributed by atoms with Gasteiger partial charge >= 0.3 is 0 Å². The molecule has 1 atom stereocenters. The Hall–Kier alpha value is -1.65. The molecule has 1 aromatic carbocycles. The van der Waals surface area contributed by atoms with Crippen LogP contribution in [0, 0.1) is 12.8 Å². The number of piperidine rings is 1. The highest BCUT2D eigenvalue weighted by Gasteiger charge is 2.27. The molecule has 0 saturated carbocycles. The number of likely N-dealkylation sites (tertiary alicyclic amines) is 1. The maximum absolute atomic E-state index is 12.8. The van der Waals surface area contributed by atoms with Crippen molar-refractivity contribution in [1.82, 2.24) is 14.7 Å². The lowest BCUT2D eigenvalue weighted by Crippen LogP contribution is -2.38. The molecule has 0 unspecified atom stereocenters. The monoisotopic (exact) mass is 331 g/mol. The number of aromatic nitrogens is 2. The van der Waals surface area contributed by atoms with Crippen LogP contribution in [-0.4, -0.2) is 33.6 Å². The van der Waals surface area contributed by atoms with Crippen LogP contribution in [0.4, 0.5) is 0 Å². The van der Waals surface area contributed by atoms with Crippen LogP contribution >= 0.6 is 11.6 Å². The molecule has 2 heterocycles. The third-order valence-electron chi connectivity index (χ3n) is 4.49. The number of hydrogen-bond donors (Lipinski definition) is 0. The van der Waals surface area contributed by atoms with Crippen molar-refractivity contribution in [3.05, 3.63) is 52.3 Å². The SMILES string of the molecule is Cc1cc(Cl)ccc1C(=O)[C@H]1CCCN(Cc2cnn(C)c2)C1. The van der Waals surface area contributed by atoms with Crippen molar-refractivity contribution in [1.29, 1.82) is 0 Å². The number of aryl methyl sites for hydroxylation is 2. The molecule has 0 spiro atoms. The minimum Gasteiger partial charge on any atom is -0.298 e. The first-order chi connectivity index (χ1) is 11.0. The standard InChI is InChI=1S/C18H22ClN3O/c1-13-8-16(19)5-6-17(13)18(23)15-4-3-7-22(12-15)11-14-9-20-21(2)10-14/h5-6,8-10,15H,3-4,7,11-12H2,1-2H3/t15-/m0/s1. The van der Waals surface area contributed by atoms with E-state index >= 15 is 0 Å². The topological polar surface area (TPSA) is 38.1 Å². The van der Waals surface area contributed by atoms with Gasteiger partial charge in [0, 0.05) is 48.4 Å². The Morgan fingerprint density at radius 2 is 2.26 bits per heavy atom. The number of carbonyl (C=O) groups excluding carboxylic acids is 1. The molecular formula is C18H22ClN3O. The van der Waals surface area contributed by atoms with E-state index in [1.807, 2.05) is 43.2 Å². The molecule has 1 aliphatic heterocycles. The van der Waals surface area contributed by atoms with Crippen molar-refractivity contribution in [2.45, 2.75) is 26.3 Å². The summed E-state index contributed by atoms with van der Waals surface area (Å²) in [6, 6.07) is 5.53. The molecule has 1 saturated heterocycles. The molecule has 1 fully saturated rings. The quantitative estimate of drug-likeness (QED) is 0.805. The lowest BCUT2D eigenvalue weighted by molar-refractivity contribution is 0.0811. The summed E-state index contributed by atoms with van der Waals surface area (Å²) >= 11 is 6.00. The molecule has 0 aliphatic carbocycles. The van der Waals surface area contributed by atoms with Gasteiger partial charge in [-0.1, -0.05) is 11.6 Å². The molecule has 1 aromatic heterocycles. The summed E-state index contributed by atoms with van der Waals surface area (Å²) < 4.78 is 1.82. The van der Waals surface area contributed by atoms with Crippen molar-refractivity contribution in [2.24, 2.45) is 13.0 Å². The van der Waals surface area contributed by atoms with Crippen LogP contribution in [0.2, 0.25) is 5.02 Å². The van der Waals surface area contributed by atoms with Gasteiger partial charge in [-0.2, -0.15) is 5.10 Å². The van der Waals surface area contributed by atoms with Crippen molar-refractivity contribution >= 4 is 17.4 Å². The minimum absolute atomic E-state index is 0.0697. The Morgan fingerprint density at radius 1 is 1.43 bits per heavy atom. The molecule has 5 heteroatoms. The maximum atomic E-state index is 12.8. The molecule has 3 rings (SSSR count). The first-order valence-corrected chi connectivity index (χ1v) is 8.41. The summed E-state index contributed by atoms with van der Waals surface area (Å²) in [5.41, 5.74) is 2.97. The van der Waals surface area contributed by atoms with Gasteiger partial charge in [0.05, 0.1) is 6.20 Å². The van der Waals surface area contributed by atoms with Gasteiger partial charge in [-0.3, -0.25) is 14.4 Å². The first kappa shape index (κ1) is 16.2. The van der Waals surface area contributed by atoms with Gasteiger partial charge in [0.2, 0.25) is 0 Å². The summed E-state index contributed by atoms with van der Waals surface area (Å²) in [6.45, 7) is 4.67. The lowest BCUT2D eigenvalue weighted by atomic mass is 9.88. The molecular weight excluding hydrogens is 310 g/mol. The second-order valence-electron chi connectivity index (χ2n) is 6.42. The smallest absolute Gasteiger partial charge is 0.167 e. The average Bonchev–Trinajstić information content (AvgIpc) is 2.92. The second-order valence-corrected chi connectivity index (χ2v) is 6.86. The highest BCUT2D eigenvalue weighted by atomic mass is 35.5. The highest BCUT2D eigenvalue weighted by Crippen LogP contribution is 2.25. The van der Waals surface area contributed by atoms with E-state index < -0.39 is 0 Å². The molecule has 4 nitrogen and oxygen atoms in total. The van der Waals surface area contributed by atoms with Crippen molar-refractivity contribution < 1.29 is 4.79 Å². The van der Waals surface area contributed by atoms with Gasteiger partial charge < -0.3 is 0 Å². The normalized spacial score (nSPS) is 19.0. The third kappa shape index (κ3) is 3.82. The number of rotatable bonds is 4. The van der Waals surface area contributed by atoms with Crippen molar-refractivity contribution in [2.75, 3.05) is 13.1 Å². The fraction of sp³-hybridized carbons (Fsp3) is 0.444. The minimum atomic E-state index is 0.0697. The van der Waals surface area contributed by atoms with Gasteiger partial charge in [0.15, 0.2) is 5.78 Å². The Morgan fingerprint density at radius 3 is 2.96 bits per heavy atom. The van der Waals surface area contributed by atoms with Crippen LogP contribution < -0.4 is 0 Å². The van der Waals surface area contributed by atoms with Crippen LogP contribution in [0.5, 0.6) is 0 Å². The van der Waals surface area contributed by atoms with Crippen LogP contribution in [0.3, 0.4) is 0 Å². The van der Waals surface area contributed by atoms with E-state index in [9.17, 15) is 4.79 Å². The van der Waals surface area contributed by atoms with E-state index in [2.05, 4.69) is 10.00 Å². The van der Waals surface area contributed by atoms with E-state index in [1.165, 1.54) is 5.56 Å². The van der Waals surface area contributed by atoms with Crippen molar-refractivity contribution in [3.8, 4) is 0 Å². The molecule has 0 N–H and O–H groups in total. The third-order valence-corrected chi connectivity index (χ3v) is 4.73. The largest absolute Gasteiger partial charge is 0.298 e. The average molecular weight is 332 g/mol. The van der Waals surface area contributed by atoms with Crippen LogP contribution in [-0.2, 0) is 13.6 Å². The number of nitrogens with zero attached hydrogens (tertiary/aromatic N) is 3. The van der Waals surface area contributed by atoms with E-state index in [0.29, 0.717) is 5.02 Å². The Labute approximate surface area is 142 Å². The van der Waals surface area contributed by atoms with Gasteiger partial charge in [-0.15, -0.1) is 0 Å². The molecule has 122 valence electrons. The summed E-state index contributed by atoms with van der Waals surface area (Å²) in [6.07, 6.45) is 5.96. The predicted octanol–water partition coefficient (Wildman–Crippen LogP) is 3.48. The first-order valence-electron chi connectivity index (χ1n) is 8.03. The zero-order chi connectivity index (χ0) is 16.4. The van der Waals surface area contributed by atoms with Crippen LogP contribution in [0.15, 0.2) is 30.6 Å². The molecule has 0 amide bonds. The van der Waals surface area contributed by atoms with Gasteiger partial charge in [0.1, 0.15) is 0 Å². The zero-order valence-electron chi connectivity index (χ0n) is 13.6. The summed E-state index contributed by atoms with van der Waals surface area (Å²) in [7, 11) is 1.93. The van der Waals surface area contributed by atoms with E-state index in [1.54, 1.807) is 6.07 Å². The van der Waals surface area contributed by atoms with Crippen molar-refractivity contribution in [3.63, 3.8) is 0 Å². The molecule has 1 aliphatic rings. The fourth-order valence-corrected chi connectivity index (χ4v) is 3.57. The molecule has 0 bridgehead atoms. The Kier molecular flexibility index (Phi) is 4.83. The number of hydrogen-bond acceptors (Lipinski definition) is 3.